The van der Waals surface area contributed by atoms with Crippen LogP contribution in [0.5, 0.6) is 0 Å². The average molecular weight is 186 g/mol. The normalized spacial score (nSPS) is 41.8. The minimum atomic E-state index is -0.0833. The van der Waals surface area contributed by atoms with Crippen LogP contribution in [0.4, 0.5) is 0 Å². The Labute approximate surface area is 77.0 Å². The van der Waals surface area contributed by atoms with Gasteiger partial charge in [-0.2, -0.15) is 11.8 Å². The molecule has 2 fully saturated rings. The zero-order valence-electron chi connectivity index (χ0n) is 7.34. The van der Waals surface area contributed by atoms with E-state index < -0.39 is 0 Å². The van der Waals surface area contributed by atoms with E-state index in [0.29, 0.717) is 11.7 Å². The highest BCUT2D eigenvalue weighted by Gasteiger charge is 2.46. The lowest BCUT2D eigenvalue weighted by atomic mass is 9.91. The fourth-order valence-electron chi connectivity index (χ4n) is 2.09. The molecule has 0 aromatic carbocycles. The number of hydrogen-bond donors (Lipinski definition) is 0. The Morgan fingerprint density at radius 1 is 1.58 bits per heavy atom. The second-order valence-corrected chi connectivity index (χ2v) is 5.10. The average Bonchev–Trinajstić information content (AvgIpc) is 2.41. The van der Waals surface area contributed by atoms with E-state index in [9.17, 15) is 4.79 Å². The van der Waals surface area contributed by atoms with Crippen LogP contribution in [-0.2, 0) is 9.53 Å². The monoisotopic (exact) mass is 186 g/mol. The molecule has 68 valence electrons. The third-order valence-corrected chi connectivity index (χ3v) is 4.38. The molecule has 0 bridgehead atoms. The quantitative estimate of drug-likeness (QED) is 0.541. The minimum absolute atomic E-state index is 0.00403. The summed E-state index contributed by atoms with van der Waals surface area (Å²) in [5.74, 6) is 1.23. The Kier molecular flexibility index (Phi) is 2.07. The highest BCUT2D eigenvalue weighted by atomic mass is 32.2. The van der Waals surface area contributed by atoms with E-state index in [0.717, 1.165) is 12.8 Å². The summed E-state index contributed by atoms with van der Waals surface area (Å²) in [5.41, 5.74) is -0.0833. The van der Waals surface area contributed by atoms with Crippen molar-refractivity contribution in [1.82, 2.24) is 0 Å². The maximum atomic E-state index is 11.0. The number of hydrogen-bond acceptors (Lipinski definition) is 3. The van der Waals surface area contributed by atoms with Gasteiger partial charge in [0.15, 0.2) is 0 Å². The van der Waals surface area contributed by atoms with Crippen molar-refractivity contribution in [2.24, 2.45) is 0 Å². The van der Waals surface area contributed by atoms with Crippen LogP contribution in [0.1, 0.15) is 32.6 Å². The van der Waals surface area contributed by atoms with Crippen molar-refractivity contribution < 1.29 is 9.53 Å². The molecule has 2 nitrogen and oxygen atoms in total. The Bertz CT molecular complexity index is 205. The van der Waals surface area contributed by atoms with Gasteiger partial charge in [-0.05, 0) is 31.9 Å². The van der Waals surface area contributed by atoms with Crippen LogP contribution in [0.25, 0.3) is 0 Å². The molecule has 12 heavy (non-hydrogen) atoms. The largest absolute Gasteiger partial charge is 0.458 e. The highest BCUT2D eigenvalue weighted by Crippen LogP contribution is 2.43. The number of carbonyl (C=O) groups is 1. The first-order valence-electron chi connectivity index (χ1n) is 4.56. The maximum Gasteiger partial charge on any atom is 0.306 e. The molecule has 0 aromatic heterocycles. The van der Waals surface area contributed by atoms with E-state index in [1.54, 1.807) is 0 Å². The van der Waals surface area contributed by atoms with Crippen LogP contribution < -0.4 is 0 Å². The van der Waals surface area contributed by atoms with Crippen LogP contribution in [0, 0.1) is 0 Å². The predicted octanol–water partition coefficient (Wildman–Crippen LogP) is 1.98. The van der Waals surface area contributed by atoms with Gasteiger partial charge in [0.25, 0.3) is 0 Å². The Hall–Kier alpha value is -0.180. The maximum absolute atomic E-state index is 11.0. The first kappa shape index (κ1) is 8.42. The SMILES string of the molecule is CC1SCCCC12CCC(=O)O2. The fourth-order valence-corrected chi connectivity index (χ4v) is 3.34. The molecule has 2 unspecified atom stereocenters. The van der Waals surface area contributed by atoms with Crippen molar-refractivity contribution in [3.8, 4) is 0 Å². The summed E-state index contributed by atoms with van der Waals surface area (Å²) in [5, 5.41) is 0.498. The topological polar surface area (TPSA) is 26.3 Å². The van der Waals surface area contributed by atoms with Crippen LogP contribution in [0.15, 0.2) is 0 Å². The first-order valence-corrected chi connectivity index (χ1v) is 5.61. The van der Waals surface area contributed by atoms with E-state index in [2.05, 4.69) is 6.92 Å². The van der Waals surface area contributed by atoms with Gasteiger partial charge in [0.1, 0.15) is 5.60 Å². The zero-order chi connectivity index (χ0) is 8.60. The molecular weight excluding hydrogens is 172 g/mol. The van der Waals surface area contributed by atoms with Gasteiger partial charge in [0.2, 0.25) is 0 Å². The van der Waals surface area contributed by atoms with Gasteiger partial charge >= 0.3 is 5.97 Å². The van der Waals surface area contributed by atoms with Crippen molar-refractivity contribution in [3.05, 3.63) is 0 Å². The molecule has 2 aliphatic heterocycles. The molecule has 0 N–H and O–H groups in total. The van der Waals surface area contributed by atoms with Gasteiger partial charge in [0.05, 0.1) is 0 Å². The molecule has 0 saturated carbocycles. The fraction of sp³-hybridized carbons (Fsp3) is 0.889. The molecule has 2 heterocycles. The van der Waals surface area contributed by atoms with Crippen LogP contribution in [0.2, 0.25) is 0 Å². The predicted molar refractivity (Wildman–Crippen MR) is 49.2 cm³/mol. The van der Waals surface area contributed by atoms with E-state index in [4.69, 9.17) is 4.74 Å². The lowest BCUT2D eigenvalue weighted by molar-refractivity contribution is -0.148. The van der Waals surface area contributed by atoms with E-state index in [1.165, 1.54) is 12.2 Å². The second-order valence-electron chi connectivity index (χ2n) is 3.66. The number of rotatable bonds is 0. The number of thioether (sulfide) groups is 1. The molecule has 0 amide bonds. The third kappa shape index (κ3) is 1.24. The Balaban J connectivity index is 2.12. The van der Waals surface area contributed by atoms with E-state index in [1.807, 2.05) is 11.8 Å². The van der Waals surface area contributed by atoms with Gasteiger partial charge in [0, 0.05) is 11.7 Å². The van der Waals surface area contributed by atoms with E-state index >= 15 is 0 Å². The van der Waals surface area contributed by atoms with Crippen LogP contribution in [-0.4, -0.2) is 22.6 Å². The highest BCUT2D eigenvalue weighted by molar-refractivity contribution is 8.00. The zero-order valence-corrected chi connectivity index (χ0v) is 8.15. The van der Waals surface area contributed by atoms with Crippen molar-refractivity contribution in [3.63, 3.8) is 0 Å². The van der Waals surface area contributed by atoms with Crippen LogP contribution >= 0.6 is 11.8 Å². The smallest absolute Gasteiger partial charge is 0.306 e. The lowest BCUT2D eigenvalue weighted by Crippen LogP contribution is -2.41. The van der Waals surface area contributed by atoms with Crippen molar-refractivity contribution >= 4 is 17.7 Å². The summed E-state index contributed by atoms with van der Waals surface area (Å²) in [4.78, 5) is 11.0. The second kappa shape index (κ2) is 2.95. The molecule has 3 heteroatoms. The standard InChI is InChI=1S/C9H14O2S/c1-7-9(4-2-6-12-7)5-3-8(10)11-9/h7H,2-6H2,1H3. The summed E-state index contributed by atoms with van der Waals surface area (Å²) in [6.07, 6.45) is 3.85. The van der Waals surface area contributed by atoms with Crippen LogP contribution in [0.3, 0.4) is 0 Å². The molecule has 0 aliphatic carbocycles. The van der Waals surface area contributed by atoms with Crippen molar-refractivity contribution in [2.45, 2.75) is 43.5 Å². The number of ether oxygens (including phenoxy) is 1. The molecular formula is C9H14O2S. The minimum Gasteiger partial charge on any atom is -0.458 e. The summed E-state index contributed by atoms with van der Waals surface area (Å²) in [6, 6.07) is 0. The van der Waals surface area contributed by atoms with Crippen molar-refractivity contribution in [2.75, 3.05) is 5.75 Å². The van der Waals surface area contributed by atoms with Gasteiger partial charge in [-0.25, -0.2) is 0 Å². The van der Waals surface area contributed by atoms with Gasteiger partial charge < -0.3 is 4.74 Å². The summed E-state index contributed by atoms with van der Waals surface area (Å²) in [7, 11) is 0. The molecule has 1 spiro atoms. The molecule has 2 aliphatic rings. The van der Waals surface area contributed by atoms with Gasteiger partial charge in [-0.15, -0.1) is 0 Å². The molecule has 2 rings (SSSR count). The number of esters is 1. The Morgan fingerprint density at radius 3 is 3.00 bits per heavy atom. The summed E-state index contributed by atoms with van der Waals surface area (Å²) < 4.78 is 5.44. The molecule has 0 aromatic rings. The van der Waals surface area contributed by atoms with Gasteiger partial charge in [-0.3, -0.25) is 4.79 Å². The summed E-state index contributed by atoms with van der Waals surface area (Å²) in [6.45, 7) is 2.18. The number of carbonyl (C=O) groups excluding carboxylic acids is 1. The summed E-state index contributed by atoms with van der Waals surface area (Å²) >= 11 is 1.94. The molecule has 2 saturated heterocycles. The third-order valence-electron chi connectivity index (χ3n) is 2.92. The molecule has 2 atom stereocenters. The van der Waals surface area contributed by atoms with Crippen molar-refractivity contribution in [1.29, 1.82) is 0 Å². The molecule has 0 radical (unpaired) electrons. The van der Waals surface area contributed by atoms with E-state index in [-0.39, 0.29) is 11.6 Å². The van der Waals surface area contributed by atoms with Gasteiger partial charge in [-0.1, -0.05) is 0 Å². The Morgan fingerprint density at radius 2 is 2.42 bits per heavy atom. The first-order chi connectivity index (χ1) is 5.73. The lowest BCUT2D eigenvalue weighted by Gasteiger charge is -2.37.